The van der Waals surface area contributed by atoms with Crippen molar-refractivity contribution in [3.63, 3.8) is 0 Å². The first-order valence-corrected chi connectivity index (χ1v) is 21.6. The zero-order chi connectivity index (χ0) is 23.3. The van der Waals surface area contributed by atoms with Crippen LogP contribution >= 0.6 is 7.82 Å². The van der Waals surface area contributed by atoms with Crippen molar-refractivity contribution in [2.75, 3.05) is 13.2 Å². The zero-order valence-corrected chi connectivity index (χ0v) is 24.1. The molecular weight excluding hydrogens is 470 g/mol. The summed E-state index contributed by atoms with van der Waals surface area (Å²) in [5.74, 6) is 0. The van der Waals surface area contributed by atoms with Crippen LogP contribution in [0, 0.1) is 0 Å². The Hall–Kier alpha value is 0.668. The van der Waals surface area contributed by atoms with Gasteiger partial charge in [-0.05, 0) is 0 Å². The third kappa shape index (κ3) is 26.8. The van der Waals surface area contributed by atoms with Gasteiger partial charge in [0.15, 0.2) is 0 Å². The Bertz CT molecular complexity index is 426. The predicted molar refractivity (Wildman–Crippen MR) is 136 cm³/mol. The molecule has 0 rings (SSSR count). The second kappa shape index (κ2) is 21.2. The van der Waals surface area contributed by atoms with Crippen molar-refractivity contribution in [1.29, 1.82) is 0 Å². The summed E-state index contributed by atoms with van der Waals surface area (Å²) in [6.07, 6.45) is 23.8. The normalized spacial score (nSPS) is 14.1. The molecule has 4 nitrogen and oxygen atoms in total. The van der Waals surface area contributed by atoms with E-state index in [2.05, 4.69) is 24.1 Å². The maximum absolute atomic E-state index is 11.7. The van der Waals surface area contributed by atoms with Crippen molar-refractivity contribution in [2.45, 2.75) is 145 Å². The second-order valence-corrected chi connectivity index (χ2v) is 22.1. The molecular formula is C25H54AsO4P. The summed E-state index contributed by atoms with van der Waals surface area (Å²) in [7, 11) is -4.09. The molecule has 0 bridgehead atoms. The Morgan fingerprint density at radius 3 is 1.26 bits per heavy atom. The molecule has 0 N–H and O–H groups in total. The van der Waals surface area contributed by atoms with Crippen LogP contribution in [-0.4, -0.2) is 26.8 Å². The van der Waals surface area contributed by atoms with Crippen molar-refractivity contribution in [3.8, 4) is 0 Å². The number of hydrogen-bond donors (Lipinski definition) is 0. The molecule has 6 heteroatoms. The van der Waals surface area contributed by atoms with Gasteiger partial charge in [0.25, 0.3) is 0 Å². The number of rotatable bonds is 24. The summed E-state index contributed by atoms with van der Waals surface area (Å²) < 4.78 is 21.6. The molecule has 188 valence electrons. The molecule has 1 unspecified atom stereocenters. The molecule has 0 aliphatic heterocycles. The van der Waals surface area contributed by atoms with Gasteiger partial charge in [-0.1, -0.05) is 84.0 Å². The summed E-state index contributed by atoms with van der Waals surface area (Å²) in [5.41, 5.74) is 6.70. The van der Waals surface area contributed by atoms with E-state index in [1.54, 1.807) is 0 Å². The van der Waals surface area contributed by atoms with E-state index in [1.807, 2.05) is 0 Å². The first-order valence-electron chi connectivity index (χ1n) is 13.2. The van der Waals surface area contributed by atoms with Crippen LogP contribution < -0.4 is 4.89 Å². The van der Waals surface area contributed by atoms with Gasteiger partial charge < -0.3 is 0 Å². The van der Waals surface area contributed by atoms with Crippen molar-refractivity contribution < 1.29 is 18.5 Å². The van der Waals surface area contributed by atoms with E-state index in [-0.39, 0.29) is 13.2 Å². The Morgan fingerprint density at radius 2 is 0.903 bits per heavy atom. The minimum atomic E-state index is -4.09. The van der Waals surface area contributed by atoms with Crippen molar-refractivity contribution in [1.82, 2.24) is 0 Å². The van der Waals surface area contributed by atoms with Crippen LogP contribution in [0.25, 0.3) is 0 Å². The number of unbranched alkanes of at least 4 members (excludes halogenated alkanes) is 17. The number of hydrogen-bond acceptors (Lipinski definition) is 4. The number of phosphoric acid groups is 1. The third-order valence-electron chi connectivity index (χ3n) is 5.76. The first-order chi connectivity index (χ1) is 14.8. The molecule has 31 heavy (non-hydrogen) atoms. The summed E-state index contributed by atoms with van der Waals surface area (Å²) >= 11 is -1.60. The Morgan fingerprint density at radius 1 is 0.581 bits per heavy atom. The van der Waals surface area contributed by atoms with Gasteiger partial charge in [-0.15, -0.1) is 0 Å². The topological polar surface area (TPSA) is 58.6 Å². The van der Waals surface area contributed by atoms with Crippen LogP contribution in [0.5, 0.6) is 0 Å². The van der Waals surface area contributed by atoms with Crippen LogP contribution in [-0.2, 0) is 13.6 Å². The molecule has 0 aliphatic rings. The van der Waals surface area contributed by atoms with Gasteiger partial charge >= 0.3 is 114 Å². The van der Waals surface area contributed by atoms with Crippen LogP contribution in [0.3, 0.4) is 0 Å². The van der Waals surface area contributed by atoms with Crippen LogP contribution in [0.2, 0.25) is 22.3 Å². The SMILES string of the molecule is CCCCCCCCCCCCCCCCCCCCOP(=O)([O-])OCC[As+](C)(C)C. The molecule has 0 aromatic rings. The van der Waals surface area contributed by atoms with E-state index >= 15 is 0 Å². The monoisotopic (exact) mass is 524 g/mol. The Labute approximate surface area is 197 Å². The van der Waals surface area contributed by atoms with Crippen LogP contribution in [0.4, 0.5) is 0 Å². The molecule has 0 aliphatic carbocycles. The van der Waals surface area contributed by atoms with E-state index in [0.717, 1.165) is 18.1 Å². The van der Waals surface area contributed by atoms with E-state index < -0.39 is 21.4 Å². The zero-order valence-electron chi connectivity index (χ0n) is 21.4. The van der Waals surface area contributed by atoms with Gasteiger partial charge in [0.1, 0.15) is 0 Å². The summed E-state index contributed by atoms with van der Waals surface area (Å²) in [6, 6.07) is 0. The Balaban J connectivity index is 3.25. The van der Waals surface area contributed by atoms with E-state index in [1.165, 1.54) is 103 Å². The van der Waals surface area contributed by atoms with Crippen molar-refractivity contribution in [3.05, 3.63) is 0 Å². The first kappa shape index (κ1) is 31.7. The molecule has 0 aromatic heterocycles. The van der Waals surface area contributed by atoms with Gasteiger partial charge in [0.05, 0.1) is 0 Å². The average molecular weight is 525 g/mol. The fourth-order valence-electron chi connectivity index (χ4n) is 3.64. The van der Waals surface area contributed by atoms with Gasteiger partial charge in [0, 0.05) is 0 Å². The fourth-order valence-corrected chi connectivity index (χ4v) is 6.04. The van der Waals surface area contributed by atoms with E-state index in [0.29, 0.717) is 0 Å². The standard InChI is InChI=1S/C25H54AsO4P/c1-5-6-7-8-9-10-11-12-13-14-15-16-17-18-19-20-21-22-24-29-31(27,28)30-25-23-26(2,3)4/h5-25H2,1-4H3. The third-order valence-corrected chi connectivity index (χ3v) is 9.95. The second-order valence-electron chi connectivity index (χ2n) is 10.1. The van der Waals surface area contributed by atoms with Crippen molar-refractivity contribution >= 4 is 21.4 Å². The summed E-state index contributed by atoms with van der Waals surface area (Å²) in [5, 5.41) is 0.868. The van der Waals surface area contributed by atoms with Crippen LogP contribution in [0.1, 0.15) is 122 Å². The summed E-state index contributed by atoms with van der Waals surface area (Å²) in [4.78, 5) is 11.7. The minimum absolute atomic E-state index is 0.259. The quantitative estimate of drug-likeness (QED) is 0.0719. The van der Waals surface area contributed by atoms with E-state index in [9.17, 15) is 9.46 Å². The van der Waals surface area contributed by atoms with Gasteiger partial charge in [0.2, 0.25) is 0 Å². The number of phosphoric ester groups is 1. The summed E-state index contributed by atoms with van der Waals surface area (Å²) in [6.45, 7) is 2.81. The van der Waals surface area contributed by atoms with Gasteiger partial charge in [-0.2, -0.15) is 0 Å². The maximum atomic E-state index is 11.7. The Kier molecular flexibility index (Phi) is 21.7. The van der Waals surface area contributed by atoms with E-state index in [4.69, 9.17) is 9.05 Å². The molecule has 0 saturated heterocycles. The molecule has 0 fully saturated rings. The molecule has 1 atom stereocenters. The molecule has 0 radical (unpaired) electrons. The van der Waals surface area contributed by atoms with Crippen molar-refractivity contribution in [2.24, 2.45) is 0 Å². The van der Waals surface area contributed by atoms with Crippen LogP contribution in [0.15, 0.2) is 0 Å². The molecule has 0 saturated carbocycles. The molecule has 0 aromatic carbocycles. The molecule has 0 heterocycles. The van der Waals surface area contributed by atoms with Gasteiger partial charge in [-0.3, -0.25) is 0 Å². The fraction of sp³-hybridized carbons (Fsp3) is 1.00. The predicted octanol–water partition coefficient (Wildman–Crippen LogP) is 8.87. The molecule has 0 spiro atoms. The average Bonchev–Trinajstić information content (AvgIpc) is 2.68. The van der Waals surface area contributed by atoms with Gasteiger partial charge in [-0.25, -0.2) is 0 Å². The molecule has 0 amide bonds.